The minimum absolute atomic E-state index is 0.00263. The van der Waals surface area contributed by atoms with Crippen LogP contribution in [0.2, 0.25) is 0 Å². The predicted molar refractivity (Wildman–Crippen MR) is 107 cm³/mol. The Hall–Kier alpha value is -1.66. The van der Waals surface area contributed by atoms with Crippen LogP contribution >= 0.6 is 28.1 Å². The van der Waals surface area contributed by atoms with Crippen molar-refractivity contribution in [2.24, 2.45) is 0 Å². The zero-order valence-electron chi connectivity index (χ0n) is 14.3. The lowest BCUT2D eigenvalue weighted by atomic mass is 9.89. The molecule has 1 aliphatic rings. The highest BCUT2D eigenvalue weighted by Crippen LogP contribution is 2.39. The Morgan fingerprint density at radius 2 is 2.04 bits per heavy atom. The molecule has 25 heavy (non-hydrogen) atoms. The molecule has 1 heterocycles. The van der Waals surface area contributed by atoms with E-state index in [4.69, 9.17) is 17.0 Å². The third kappa shape index (κ3) is 4.30. The Balaban J connectivity index is 1.80. The summed E-state index contributed by atoms with van der Waals surface area (Å²) in [5.74, 6) is 0.499. The summed E-state index contributed by atoms with van der Waals surface area (Å²) in [6.07, 6.45) is 0.758. The van der Waals surface area contributed by atoms with E-state index in [1.807, 2.05) is 19.1 Å². The molecule has 0 bridgehead atoms. The van der Waals surface area contributed by atoms with Gasteiger partial charge in [-0.05, 0) is 57.3 Å². The molecule has 6 heteroatoms. The molecule has 2 aromatic carbocycles. The van der Waals surface area contributed by atoms with Crippen LogP contribution in [-0.4, -0.2) is 10.7 Å². The highest BCUT2D eigenvalue weighted by Gasteiger charge is 2.34. The molecule has 3 rings (SSSR count). The molecule has 0 amide bonds. The number of rotatable bonds is 2. The first-order valence-corrected chi connectivity index (χ1v) is 9.26. The summed E-state index contributed by atoms with van der Waals surface area (Å²) < 4.78 is 20.8. The van der Waals surface area contributed by atoms with Crippen molar-refractivity contribution in [1.82, 2.24) is 5.32 Å². The number of ether oxygens (including phenoxy) is 1. The summed E-state index contributed by atoms with van der Waals surface area (Å²) in [6.45, 7) is 6.15. The van der Waals surface area contributed by atoms with Crippen molar-refractivity contribution in [3.05, 3.63) is 57.8 Å². The van der Waals surface area contributed by atoms with E-state index >= 15 is 0 Å². The van der Waals surface area contributed by atoms with Gasteiger partial charge in [0.15, 0.2) is 5.11 Å². The van der Waals surface area contributed by atoms with Crippen molar-refractivity contribution < 1.29 is 9.13 Å². The van der Waals surface area contributed by atoms with Crippen molar-refractivity contribution in [2.45, 2.75) is 38.8 Å². The number of aryl methyl sites for hydroxylation is 1. The van der Waals surface area contributed by atoms with Gasteiger partial charge in [0.05, 0.1) is 11.7 Å². The number of hydrogen-bond donors (Lipinski definition) is 2. The maximum absolute atomic E-state index is 14.0. The molecule has 0 unspecified atom stereocenters. The van der Waals surface area contributed by atoms with E-state index in [0.717, 1.165) is 23.3 Å². The Morgan fingerprint density at radius 3 is 2.76 bits per heavy atom. The zero-order valence-corrected chi connectivity index (χ0v) is 16.7. The average Bonchev–Trinajstić information content (AvgIpc) is 2.50. The molecule has 132 valence electrons. The SMILES string of the molecule is Cc1ccc2c(c1)[C@@H](NC(=S)Nc1ccc(Br)cc1F)CC(C)(C)O2. The number of thiocarbonyl (C=S) groups is 1. The van der Waals surface area contributed by atoms with Gasteiger partial charge < -0.3 is 15.4 Å². The van der Waals surface area contributed by atoms with Crippen LogP contribution in [0.25, 0.3) is 0 Å². The standard InChI is InChI=1S/C19H20BrFN2OS/c1-11-4-7-17-13(8-11)16(10-19(2,3)24-17)23-18(25)22-15-6-5-12(20)9-14(15)21/h4-9,16H,10H2,1-3H3,(H2,22,23,25)/t16-/m0/s1. The fraction of sp³-hybridized carbons (Fsp3) is 0.316. The lowest BCUT2D eigenvalue weighted by Crippen LogP contribution is -2.42. The Bertz CT molecular complexity index is 825. The molecule has 1 atom stereocenters. The van der Waals surface area contributed by atoms with Crippen molar-refractivity contribution in [1.29, 1.82) is 0 Å². The average molecular weight is 423 g/mol. The molecule has 0 saturated heterocycles. The monoisotopic (exact) mass is 422 g/mol. The molecule has 3 nitrogen and oxygen atoms in total. The van der Waals surface area contributed by atoms with E-state index in [-0.39, 0.29) is 17.5 Å². The summed E-state index contributed by atoms with van der Waals surface area (Å²) in [5, 5.41) is 6.64. The maximum Gasteiger partial charge on any atom is 0.171 e. The van der Waals surface area contributed by atoms with Gasteiger partial charge in [-0.2, -0.15) is 0 Å². The second-order valence-electron chi connectivity index (χ2n) is 6.88. The second kappa shape index (κ2) is 6.92. The normalized spacial score (nSPS) is 18.0. The molecule has 0 spiro atoms. The van der Waals surface area contributed by atoms with E-state index in [1.165, 1.54) is 6.07 Å². The molecule has 0 saturated carbocycles. The molecule has 2 N–H and O–H groups in total. The Kier molecular flexibility index (Phi) is 5.02. The minimum Gasteiger partial charge on any atom is -0.487 e. The topological polar surface area (TPSA) is 33.3 Å². The molecule has 1 aliphatic heterocycles. The van der Waals surface area contributed by atoms with Gasteiger partial charge >= 0.3 is 0 Å². The second-order valence-corrected chi connectivity index (χ2v) is 8.21. The number of hydrogen-bond acceptors (Lipinski definition) is 2. The molecule has 0 aliphatic carbocycles. The largest absolute Gasteiger partial charge is 0.487 e. The van der Waals surface area contributed by atoms with Gasteiger partial charge in [-0.25, -0.2) is 4.39 Å². The van der Waals surface area contributed by atoms with Gasteiger partial charge in [-0.3, -0.25) is 0 Å². The number of anilines is 1. The van der Waals surface area contributed by atoms with E-state index < -0.39 is 0 Å². The van der Waals surface area contributed by atoms with Gasteiger partial charge in [0, 0.05) is 16.5 Å². The van der Waals surface area contributed by atoms with Crippen LogP contribution in [0.15, 0.2) is 40.9 Å². The number of benzene rings is 2. The van der Waals surface area contributed by atoms with E-state index in [0.29, 0.717) is 15.3 Å². The molecule has 0 fully saturated rings. The quantitative estimate of drug-likeness (QED) is 0.627. The highest BCUT2D eigenvalue weighted by molar-refractivity contribution is 9.10. The molecular weight excluding hydrogens is 403 g/mol. The lowest BCUT2D eigenvalue weighted by molar-refractivity contribution is 0.0696. The summed E-state index contributed by atoms with van der Waals surface area (Å²) in [6, 6.07) is 10.9. The molecular formula is C19H20BrFN2OS. The number of fused-ring (bicyclic) bond motifs is 1. The van der Waals surface area contributed by atoms with Gasteiger partial charge in [0.1, 0.15) is 17.2 Å². The smallest absolute Gasteiger partial charge is 0.171 e. The van der Waals surface area contributed by atoms with Crippen LogP contribution in [0.1, 0.15) is 37.4 Å². The van der Waals surface area contributed by atoms with E-state index in [2.05, 4.69) is 46.5 Å². The molecule has 2 aromatic rings. The number of nitrogens with one attached hydrogen (secondary N) is 2. The molecule has 0 aromatic heterocycles. The summed E-state index contributed by atoms with van der Waals surface area (Å²) in [4.78, 5) is 0. The van der Waals surface area contributed by atoms with E-state index in [9.17, 15) is 4.39 Å². The first-order chi connectivity index (χ1) is 11.7. The van der Waals surface area contributed by atoms with Gasteiger partial charge in [-0.1, -0.05) is 33.6 Å². The van der Waals surface area contributed by atoms with Gasteiger partial charge in [-0.15, -0.1) is 0 Å². The van der Waals surface area contributed by atoms with Gasteiger partial charge in [0.25, 0.3) is 0 Å². The van der Waals surface area contributed by atoms with Crippen molar-refractivity contribution in [3.63, 3.8) is 0 Å². The third-order valence-electron chi connectivity index (χ3n) is 4.11. The lowest BCUT2D eigenvalue weighted by Gasteiger charge is -2.38. The van der Waals surface area contributed by atoms with Crippen molar-refractivity contribution in [2.75, 3.05) is 5.32 Å². The first kappa shape index (κ1) is 18.1. The van der Waals surface area contributed by atoms with Crippen LogP contribution in [-0.2, 0) is 0 Å². The Morgan fingerprint density at radius 1 is 1.28 bits per heavy atom. The summed E-state index contributed by atoms with van der Waals surface area (Å²) in [5.41, 5.74) is 2.27. The first-order valence-electron chi connectivity index (χ1n) is 8.06. The summed E-state index contributed by atoms with van der Waals surface area (Å²) >= 11 is 8.65. The van der Waals surface area contributed by atoms with E-state index in [1.54, 1.807) is 12.1 Å². The van der Waals surface area contributed by atoms with Crippen LogP contribution in [0.3, 0.4) is 0 Å². The number of halogens is 2. The van der Waals surface area contributed by atoms with Crippen LogP contribution in [0.5, 0.6) is 5.75 Å². The third-order valence-corrected chi connectivity index (χ3v) is 4.82. The zero-order chi connectivity index (χ0) is 18.2. The Labute approximate surface area is 161 Å². The maximum atomic E-state index is 14.0. The van der Waals surface area contributed by atoms with Gasteiger partial charge in [0.2, 0.25) is 0 Å². The van der Waals surface area contributed by atoms with Crippen molar-refractivity contribution >= 4 is 38.9 Å². The minimum atomic E-state index is -0.359. The van der Waals surface area contributed by atoms with Crippen LogP contribution < -0.4 is 15.4 Å². The van der Waals surface area contributed by atoms with Crippen LogP contribution in [0.4, 0.5) is 10.1 Å². The fourth-order valence-electron chi connectivity index (χ4n) is 3.01. The fourth-order valence-corrected chi connectivity index (χ4v) is 3.60. The highest BCUT2D eigenvalue weighted by atomic mass is 79.9. The predicted octanol–water partition coefficient (Wildman–Crippen LogP) is 5.49. The van der Waals surface area contributed by atoms with Crippen LogP contribution in [0, 0.1) is 12.7 Å². The summed E-state index contributed by atoms with van der Waals surface area (Å²) in [7, 11) is 0. The molecule has 0 radical (unpaired) electrons. The van der Waals surface area contributed by atoms with Crippen molar-refractivity contribution in [3.8, 4) is 5.75 Å².